The molecule has 28 heavy (non-hydrogen) atoms. The molecule has 1 heterocycles. The van der Waals surface area contributed by atoms with E-state index in [9.17, 15) is 4.79 Å². The highest BCUT2D eigenvalue weighted by atomic mass is 16.2. The third kappa shape index (κ3) is 2.76. The molecule has 1 saturated heterocycles. The summed E-state index contributed by atoms with van der Waals surface area (Å²) in [5.41, 5.74) is 1.83. The molecule has 3 heteroatoms. The summed E-state index contributed by atoms with van der Waals surface area (Å²) in [6.07, 6.45) is 10.7. The van der Waals surface area contributed by atoms with Crippen LogP contribution in [0.4, 0.5) is 0 Å². The predicted octanol–water partition coefficient (Wildman–Crippen LogP) is 4.52. The van der Waals surface area contributed by atoms with Gasteiger partial charge in [0.05, 0.1) is 5.41 Å². The first-order valence-electron chi connectivity index (χ1n) is 11.6. The van der Waals surface area contributed by atoms with Gasteiger partial charge in [0, 0.05) is 13.1 Å². The molecular formula is C25H36N2O. The molecule has 1 aliphatic heterocycles. The quantitative estimate of drug-likeness (QED) is 0.818. The Hall–Kier alpha value is -1.35. The van der Waals surface area contributed by atoms with Crippen LogP contribution in [0.5, 0.6) is 0 Å². The van der Waals surface area contributed by atoms with Gasteiger partial charge in [-0.15, -0.1) is 0 Å². The molecule has 4 saturated carbocycles. The molecule has 5 aliphatic rings. The van der Waals surface area contributed by atoms with Gasteiger partial charge in [0.15, 0.2) is 0 Å². The van der Waals surface area contributed by atoms with E-state index in [1.54, 1.807) is 0 Å². The Bertz CT molecular complexity index is 723. The molecule has 4 aliphatic carbocycles. The Kier molecular flexibility index (Phi) is 4.58. The highest BCUT2D eigenvalue weighted by Gasteiger charge is 2.73. The maximum absolute atomic E-state index is 14.1. The Morgan fingerprint density at radius 3 is 2.39 bits per heavy atom. The second-order valence-electron chi connectivity index (χ2n) is 10.6. The number of carbonyl (C=O) groups is 1. The number of amides is 1. The van der Waals surface area contributed by atoms with Crippen LogP contribution in [0.3, 0.4) is 0 Å². The van der Waals surface area contributed by atoms with Crippen molar-refractivity contribution in [3.63, 3.8) is 0 Å². The van der Waals surface area contributed by atoms with E-state index in [1.165, 1.54) is 37.7 Å². The number of rotatable bonds is 2. The Balaban J connectivity index is 1.44. The molecule has 1 aromatic rings. The first kappa shape index (κ1) is 18.7. The molecular weight excluding hydrogens is 344 g/mol. The summed E-state index contributed by atoms with van der Waals surface area (Å²) in [6.45, 7) is 6.58. The Labute approximate surface area is 170 Å². The van der Waals surface area contributed by atoms with E-state index in [0.717, 1.165) is 57.8 Å². The van der Waals surface area contributed by atoms with Gasteiger partial charge >= 0.3 is 0 Å². The summed E-state index contributed by atoms with van der Waals surface area (Å²) in [5.74, 6) is 1.25. The van der Waals surface area contributed by atoms with Crippen LogP contribution >= 0.6 is 0 Å². The number of hydrogen-bond donors (Lipinski definition) is 1. The average Bonchev–Trinajstić information content (AvgIpc) is 3.03. The van der Waals surface area contributed by atoms with Gasteiger partial charge in [0.1, 0.15) is 0 Å². The van der Waals surface area contributed by atoms with Crippen LogP contribution in [0.25, 0.3) is 0 Å². The molecule has 4 atom stereocenters. The van der Waals surface area contributed by atoms with Gasteiger partial charge in [-0.3, -0.25) is 4.79 Å². The summed E-state index contributed by atoms with van der Waals surface area (Å²) in [6, 6.07) is 11.1. The summed E-state index contributed by atoms with van der Waals surface area (Å²) in [5, 5.41) is 3.53. The summed E-state index contributed by atoms with van der Waals surface area (Å²) >= 11 is 0. The van der Waals surface area contributed by atoms with Crippen LogP contribution in [-0.4, -0.2) is 37.0 Å². The molecule has 4 bridgehead atoms. The van der Waals surface area contributed by atoms with Gasteiger partial charge in [-0.25, -0.2) is 0 Å². The zero-order valence-corrected chi connectivity index (χ0v) is 17.5. The third-order valence-electron chi connectivity index (χ3n) is 8.73. The fraction of sp³-hybridized carbons (Fsp3) is 0.720. The molecule has 1 amide bonds. The highest BCUT2D eigenvalue weighted by Crippen LogP contribution is 2.76. The number of hydrogen-bond acceptors (Lipinski definition) is 2. The lowest BCUT2D eigenvalue weighted by Crippen LogP contribution is -2.49. The zero-order chi connectivity index (χ0) is 19.2. The first-order chi connectivity index (χ1) is 13.6. The van der Waals surface area contributed by atoms with Crippen molar-refractivity contribution in [1.82, 2.24) is 10.2 Å². The van der Waals surface area contributed by atoms with Crippen LogP contribution in [0.1, 0.15) is 70.3 Å². The molecule has 3 nitrogen and oxygen atoms in total. The van der Waals surface area contributed by atoms with Crippen molar-refractivity contribution in [3.8, 4) is 0 Å². The molecule has 5 fully saturated rings. The lowest BCUT2D eigenvalue weighted by Gasteiger charge is -2.42. The molecule has 1 N–H and O–H groups in total. The van der Waals surface area contributed by atoms with Gasteiger partial charge in [-0.1, -0.05) is 37.3 Å². The topological polar surface area (TPSA) is 32.3 Å². The van der Waals surface area contributed by atoms with Crippen LogP contribution in [0.2, 0.25) is 0 Å². The van der Waals surface area contributed by atoms with E-state index in [4.69, 9.17) is 0 Å². The first-order valence-corrected chi connectivity index (χ1v) is 11.6. The van der Waals surface area contributed by atoms with E-state index >= 15 is 0 Å². The normalized spacial score (nSPS) is 40.6. The Morgan fingerprint density at radius 1 is 0.964 bits per heavy atom. The van der Waals surface area contributed by atoms with E-state index < -0.39 is 0 Å². The second kappa shape index (κ2) is 6.86. The zero-order valence-electron chi connectivity index (χ0n) is 17.5. The maximum Gasteiger partial charge on any atom is 0.229 e. The smallest absolute Gasteiger partial charge is 0.229 e. The van der Waals surface area contributed by atoms with Gasteiger partial charge < -0.3 is 10.2 Å². The fourth-order valence-electron chi connectivity index (χ4n) is 7.78. The SMILES string of the molecule is C[C@]12CC3CC1(C(=O)N1CCCCNCCCC1)C[C@@](c1ccccc1)(C3)C2. The second-order valence-corrected chi connectivity index (χ2v) is 10.6. The number of nitrogens with one attached hydrogen (secondary N) is 1. The Morgan fingerprint density at radius 2 is 1.68 bits per heavy atom. The summed E-state index contributed by atoms with van der Waals surface area (Å²) in [4.78, 5) is 16.4. The fourth-order valence-corrected chi connectivity index (χ4v) is 7.78. The predicted molar refractivity (Wildman–Crippen MR) is 113 cm³/mol. The average molecular weight is 381 g/mol. The molecule has 2 unspecified atom stereocenters. The number of nitrogens with zero attached hydrogens (tertiary/aromatic N) is 1. The van der Waals surface area contributed by atoms with Crippen molar-refractivity contribution in [2.75, 3.05) is 26.2 Å². The van der Waals surface area contributed by atoms with Crippen molar-refractivity contribution in [2.45, 2.75) is 70.1 Å². The molecule has 152 valence electrons. The van der Waals surface area contributed by atoms with Crippen LogP contribution < -0.4 is 5.32 Å². The largest absolute Gasteiger partial charge is 0.342 e. The maximum atomic E-state index is 14.1. The van der Waals surface area contributed by atoms with Crippen molar-refractivity contribution < 1.29 is 4.79 Å². The van der Waals surface area contributed by atoms with Crippen LogP contribution in [0, 0.1) is 16.7 Å². The minimum atomic E-state index is -0.103. The van der Waals surface area contributed by atoms with E-state index in [-0.39, 0.29) is 16.2 Å². The minimum Gasteiger partial charge on any atom is -0.342 e. The van der Waals surface area contributed by atoms with Gasteiger partial charge in [-0.05, 0) is 93.2 Å². The van der Waals surface area contributed by atoms with Crippen molar-refractivity contribution >= 4 is 5.91 Å². The van der Waals surface area contributed by atoms with Crippen molar-refractivity contribution in [3.05, 3.63) is 35.9 Å². The van der Waals surface area contributed by atoms with Crippen LogP contribution in [0.15, 0.2) is 30.3 Å². The van der Waals surface area contributed by atoms with Crippen molar-refractivity contribution in [2.24, 2.45) is 16.7 Å². The van der Waals surface area contributed by atoms with Gasteiger partial charge in [0.2, 0.25) is 5.91 Å². The lowest BCUT2D eigenvalue weighted by atomic mass is 9.63. The lowest BCUT2D eigenvalue weighted by molar-refractivity contribution is -0.147. The van der Waals surface area contributed by atoms with E-state index in [2.05, 4.69) is 47.5 Å². The highest BCUT2D eigenvalue weighted by molar-refractivity contribution is 5.85. The van der Waals surface area contributed by atoms with E-state index in [0.29, 0.717) is 5.91 Å². The summed E-state index contributed by atoms with van der Waals surface area (Å²) < 4.78 is 0. The molecule has 0 spiro atoms. The minimum absolute atomic E-state index is 0.103. The summed E-state index contributed by atoms with van der Waals surface area (Å²) in [7, 11) is 0. The number of carbonyl (C=O) groups excluding carboxylic acids is 1. The standard InChI is InChI=1S/C25H36N2O/c1-23-15-20-16-24(18-23,21-9-3-2-4-10-21)19-25(23,17-20)22(28)27-13-7-5-11-26-12-6-8-14-27/h2-4,9-10,20,26H,5-8,11-19H2,1H3/t20?,23-,24-,25?/m1/s1. The van der Waals surface area contributed by atoms with Crippen LogP contribution in [-0.2, 0) is 10.2 Å². The third-order valence-corrected chi connectivity index (χ3v) is 8.73. The number of benzene rings is 1. The van der Waals surface area contributed by atoms with Gasteiger partial charge in [-0.2, -0.15) is 0 Å². The molecule has 0 aromatic heterocycles. The van der Waals surface area contributed by atoms with Gasteiger partial charge in [0.25, 0.3) is 0 Å². The molecule has 6 rings (SSSR count). The molecule has 1 aromatic carbocycles. The van der Waals surface area contributed by atoms with Crippen molar-refractivity contribution in [1.29, 1.82) is 0 Å². The molecule has 0 radical (unpaired) electrons. The monoisotopic (exact) mass is 380 g/mol. The van der Waals surface area contributed by atoms with E-state index in [1.807, 2.05) is 0 Å².